The molecule has 0 fully saturated rings. The van der Waals surface area contributed by atoms with Crippen LogP contribution in [0.5, 0.6) is 5.75 Å². The van der Waals surface area contributed by atoms with Gasteiger partial charge in [0.1, 0.15) is 6.61 Å². The lowest BCUT2D eigenvalue weighted by Gasteiger charge is -2.11. The number of thioether (sulfide) groups is 1. The maximum Gasteiger partial charge on any atom is 0.270 e. The zero-order valence-electron chi connectivity index (χ0n) is 17.1. The number of carbonyl (C=O) groups excluding carboxylic acids is 1. The van der Waals surface area contributed by atoms with Gasteiger partial charge in [0, 0.05) is 23.4 Å². The van der Waals surface area contributed by atoms with Gasteiger partial charge in [-0.05, 0) is 24.3 Å². The van der Waals surface area contributed by atoms with E-state index >= 15 is 0 Å². The van der Waals surface area contributed by atoms with Crippen LogP contribution in [-0.4, -0.2) is 31.2 Å². The molecular weight excluding hydrogens is 447 g/mol. The number of Topliss-reactive ketones (excluding diaryl/α,β-unsaturated/α-hetero) is 1. The third-order valence-corrected chi connectivity index (χ3v) is 5.55. The van der Waals surface area contributed by atoms with Crippen LogP contribution in [0.3, 0.4) is 0 Å². The third kappa shape index (κ3) is 5.24. The number of nitro benzene ring substituents is 1. The van der Waals surface area contributed by atoms with E-state index in [2.05, 4.69) is 10.2 Å². The molecule has 4 aromatic rings. The normalized spacial score (nSPS) is 10.7. The Morgan fingerprint density at radius 2 is 1.79 bits per heavy atom. The van der Waals surface area contributed by atoms with Gasteiger partial charge in [-0.2, -0.15) is 0 Å². The molecule has 1 heterocycles. The van der Waals surface area contributed by atoms with Crippen LogP contribution in [0, 0.1) is 15.9 Å². The second-order valence-electron chi connectivity index (χ2n) is 6.81. The lowest BCUT2D eigenvalue weighted by molar-refractivity contribution is -0.384. The topological polar surface area (TPSA) is 100 Å². The van der Waals surface area contributed by atoms with Crippen molar-refractivity contribution >= 4 is 23.2 Å². The fraction of sp³-hybridized carbons (Fsp3) is 0.0870. The van der Waals surface area contributed by atoms with Crippen molar-refractivity contribution in [3.8, 4) is 11.4 Å². The van der Waals surface area contributed by atoms with Gasteiger partial charge < -0.3 is 4.74 Å². The molecule has 0 saturated carbocycles. The van der Waals surface area contributed by atoms with Gasteiger partial charge >= 0.3 is 0 Å². The maximum absolute atomic E-state index is 13.9. The summed E-state index contributed by atoms with van der Waals surface area (Å²) in [6.07, 6.45) is 0. The number of ketones is 1. The number of nitro groups is 1. The van der Waals surface area contributed by atoms with Crippen LogP contribution in [0.2, 0.25) is 0 Å². The quantitative estimate of drug-likeness (QED) is 0.151. The molecule has 0 amide bonds. The van der Waals surface area contributed by atoms with Crippen LogP contribution in [-0.2, 0) is 6.61 Å². The Morgan fingerprint density at radius 1 is 1.03 bits per heavy atom. The molecule has 0 N–H and O–H groups in total. The van der Waals surface area contributed by atoms with Crippen LogP contribution in [0.25, 0.3) is 5.69 Å². The Morgan fingerprint density at radius 3 is 2.55 bits per heavy atom. The predicted octanol–water partition coefficient (Wildman–Crippen LogP) is 4.87. The molecule has 10 heteroatoms. The number of aromatic nitrogens is 3. The second kappa shape index (κ2) is 10.0. The van der Waals surface area contributed by atoms with Gasteiger partial charge in [0.05, 0.1) is 10.7 Å². The van der Waals surface area contributed by atoms with Gasteiger partial charge in [-0.3, -0.25) is 19.5 Å². The Bertz CT molecular complexity index is 1300. The molecule has 3 aromatic carbocycles. The molecular formula is C23H17FN4O4S. The number of rotatable bonds is 9. The molecule has 4 rings (SSSR count). The molecule has 166 valence electrons. The summed E-state index contributed by atoms with van der Waals surface area (Å²) in [5.41, 5.74) is 0.844. The van der Waals surface area contributed by atoms with Crippen molar-refractivity contribution in [2.45, 2.75) is 11.8 Å². The van der Waals surface area contributed by atoms with Crippen LogP contribution in [0.4, 0.5) is 10.1 Å². The minimum Gasteiger partial charge on any atom is -0.483 e. The fourth-order valence-electron chi connectivity index (χ4n) is 3.03. The Hall–Kier alpha value is -4.05. The van der Waals surface area contributed by atoms with Crippen molar-refractivity contribution in [1.82, 2.24) is 14.8 Å². The minimum absolute atomic E-state index is 0.000303. The molecule has 1 aromatic heterocycles. The Kier molecular flexibility index (Phi) is 6.75. The van der Waals surface area contributed by atoms with E-state index in [-0.39, 0.29) is 35.1 Å². The number of benzene rings is 3. The molecule has 0 unspecified atom stereocenters. The number of halogens is 1. The zero-order valence-corrected chi connectivity index (χ0v) is 17.9. The summed E-state index contributed by atoms with van der Waals surface area (Å²) in [5, 5.41) is 19.8. The second-order valence-corrected chi connectivity index (χ2v) is 7.75. The van der Waals surface area contributed by atoms with Crippen LogP contribution in [0.1, 0.15) is 16.2 Å². The average molecular weight is 464 g/mol. The zero-order chi connectivity index (χ0) is 23.2. The third-order valence-electron chi connectivity index (χ3n) is 4.62. The predicted molar refractivity (Wildman–Crippen MR) is 120 cm³/mol. The number of nitrogens with zero attached hydrogens (tertiary/aromatic N) is 4. The first-order valence-corrected chi connectivity index (χ1v) is 10.8. The van der Waals surface area contributed by atoms with Gasteiger partial charge in [0.15, 0.2) is 28.3 Å². The van der Waals surface area contributed by atoms with E-state index in [9.17, 15) is 19.3 Å². The molecule has 0 saturated heterocycles. The van der Waals surface area contributed by atoms with Gasteiger partial charge in [-0.1, -0.05) is 54.2 Å². The highest BCUT2D eigenvalue weighted by molar-refractivity contribution is 7.99. The monoisotopic (exact) mass is 464 g/mol. The van der Waals surface area contributed by atoms with Crippen molar-refractivity contribution in [2.24, 2.45) is 0 Å². The first-order chi connectivity index (χ1) is 16.0. The summed E-state index contributed by atoms with van der Waals surface area (Å²) in [6, 6.07) is 20.9. The van der Waals surface area contributed by atoms with E-state index in [1.807, 2.05) is 30.3 Å². The molecule has 0 bridgehead atoms. The SMILES string of the molecule is O=C(CSc1nnc(COc2ccccc2F)n1-c1ccccc1)c1cccc([N+](=O)[O-])c1. The smallest absolute Gasteiger partial charge is 0.270 e. The highest BCUT2D eigenvalue weighted by Gasteiger charge is 2.18. The molecule has 0 aliphatic carbocycles. The summed E-state index contributed by atoms with van der Waals surface area (Å²) >= 11 is 1.15. The lowest BCUT2D eigenvalue weighted by Crippen LogP contribution is -2.08. The molecule has 0 aliphatic rings. The van der Waals surface area contributed by atoms with E-state index in [4.69, 9.17) is 4.74 Å². The number of carbonyl (C=O) groups is 1. The summed E-state index contributed by atoms with van der Waals surface area (Å²) in [5.74, 6) is -0.249. The molecule has 0 radical (unpaired) electrons. The fourth-order valence-corrected chi connectivity index (χ4v) is 3.90. The summed E-state index contributed by atoms with van der Waals surface area (Å²) < 4.78 is 21.2. The molecule has 8 nitrogen and oxygen atoms in total. The number of non-ortho nitro benzene ring substituents is 1. The molecule has 0 spiro atoms. The van der Waals surface area contributed by atoms with Crippen molar-refractivity contribution in [3.05, 3.63) is 106 Å². The molecule has 33 heavy (non-hydrogen) atoms. The van der Waals surface area contributed by atoms with Gasteiger partial charge in [-0.15, -0.1) is 10.2 Å². The molecule has 0 atom stereocenters. The van der Waals surface area contributed by atoms with Crippen LogP contribution in [0.15, 0.2) is 84.0 Å². The summed E-state index contributed by atoms with van der Waals surface area (Å²) in [7, 11) is 0. The van der Waals surface area contributed by atoms with Crippen molar-refractivity contribution in [2.75, 3.05) is 5.75 Å². The highest BCUT2D eigenvalue weighted by atomic mass is 32.2. The summed E-state index contributed by atoms with van der Waals surface area (Å²) in [4.78, 5) is 23.1. The number of hydrogen-bond donors (Lipinski definition) is 0. The first-order valence-electron chi connectivity index (χ1n) is 9.80. The van der Waals surface area contributed by atoms with Gasteiger partial charge in [0.25, 0.3) is 5.69 Å². The van der Waals surface area contributed by atoms with Gasteiger partial charge in [-0.25, -0.2) is 4.39 Å². The number of para-hydroxylation sites is 2. The van der Waals surface area contributed by atoms with E-state index in [1.165, 1.54) is 36.4 Å². The summed E-state index contributed by atoms with van der Waals surface area (Å²) in [6.45, 7) is -0.0395. The standard InChI is InChI=1S/C23H17FN4O4S/c24-19-11-4-5-12-21(19)32-14-22-25-26-23(27(22)17-8-2-1-3-9-17)33-15-20(29)16-7-6-10-18(13-16)28(30)31/h1-13H,14-15H2. The van der Waals surface area contributed by atoms with Crippen molar-refractivity contribution in [3.63, 3.8) is 0 Å². The van der Waals surface area contributed by atoms with Gasteiger partial charge in [0.2, 0.25) is 0 Å². The number of hydrogen-bond acceptors (Lipinski definition) is 7. The van der Waals surface area contributed by atoms with Crippen molar-refractivity contribution < 1.29 is 18.8 Å². The van der Waals surface area contributed by atoms with Crippen LogP contribution >= 0.6 is 11.8 Å². The maximum atomic E-state index is 13.9. The Labute approximate surface area is 192 Å². The largest absolute Gasteiger partial charge is 0.483 e. The first kappa shape index (κ1) is 22.2. The Balaban J connectivity index is 1.55. The minimum atomic E-state index is -0.544. The van der Waals surface area contributed by atoms with E-state index in [0.717, 1.165) is 17.4 Å². The highest BCUT2D eigenvalue weighted by Crippen LogP contribution is 2.25. The van der Waals surface area contributed by atoms with E-state index in [1.54, 1.807) is 16.7 Å². The lowest BCUT2D eigenvalue weighted by atomic mass is 10.1. The van der Waals surface area contributed by atoms with Crippen molar-refractivity contribution in [1.29, 1.82) is 0 Å². The molecule has 0 aliphatic heterocycles. The number of ether oxygens (including phenoxy) is 1. The average Bonchev–Trinajstić information content (AvgIpc) is 3.25. The van der Waals surface area contributed by atoms with Crippen LogP contribution < -0.4 is 4.74 Å². The van der Waals surface area contributed by atoms with E-state index in [0.29, 0.717) is 11.0 Å². The van der Waals surface area contributed by atoms with E-state index < -0.39 is 10.7 Å².